The summed E-state index contributed by atoms with van der Waals surface area (Å²) in [5.41, 5.74) is 0.839. The van der Waals surface area contributed by atoms with Crippen molar-refractivity contribution in [3.05, 3.63) is 24.0 Å². The van der Waals surface area contributed by atoms with Gasteiger partial charge >= 0.3 is 0 Å². The number of nitrogens with zero attached hydrogens (tertiary/aromatic N) is 1. The molecule has 1 rings (SSSR count). The largest absolute Gasteiger partial charge is 0.451 e. The molecular weight excluding hydrogens is 142 g/mol. The molecule has 0 bridgehead atoms. The molecule has 0 aromatic carbocycles. The Kier molecular flexibility index (Phi) is 2.29. The van der Waals surface area contributed by atoms with Crippen LogP contribution >= 0.6 is 0 Å². The minimum atomic E-state index is -0.449. The summed E-state index contributed by atoms with van der Waals surface area (Å²) >= 11 is 0. The number of ether oxygens (including phenoxy) is 2. The summed E-state index contributed by atoms with van der Waals surface area (Å²) in [6.07, 6.45) is 1.90. The lowest BCUT2D eigenvalue weighted by atomic mass is 10.1. The molecule has 11 heavy (non-hydrogen) atoms. The third-order valence-corrected chi connectivity index (χ3v) is 1.44. The zero-order valence-electron chi connectivity index (χ0n) is 6.33. The molecule has 0 fully saturated rings. The first-order valence-corrected chi connectivity index (χ1v) is 3.25. The molecule has 1 unspecified atom stereocenters. The van der Waals surface area contributed by atoms with Crippen molar-refractivity contribution in [2.75, 3.05) is 7.11 Å². The van der Waals surface area contributed by atoms with Gasteiger partial charge in [-0.05, 0) is 18.1 Å². The molecule has 0 saturated heterocycles. The van der Waals surface area contributed by atoms with E-state index >= 15 is 0 Å². The van der Waals surface area contributed by atoms with E-state index in [4.69, 9.17) is 14.7 Å². The Hall–Kier alpha value is -1.27. The van der Waals surface area contributed by atoms with Gasteiger partial charge in [0.05, 0.1) is 0 Å². The maximum absolute atomic E-state index is 8.46. The molecule has 58 valence electrons. The van der Waals surface area contributed by atoms with Gasteiger partial charge in [0.25, 0.3) is 0 Å². The molecule has 0 aromatic heterocycles. The van der Waals surface area contributed by atoms with Crippen LogP contribution < -0.4 is 0 Å². The van der Waals surface area contributed by atoms with Gasteiger partial charge in [0, 0.05) is 7.11 Å². The second-order valence-corrected chi connectivity index (χ2v) is 2.23. The highest BCUT2D eigenvalue weighted by molar-refractivity contribution is 5.22. The van der Waals surface area contributed by atoms with Gasteiger partial charge in [0.2, 0.25) is 6.29 Å². The molecule has 0 N–H and O–H groups in total. The summed E-state index contributed by atoms with van der Waals surface area (Å²) in [5, 5.41) is 8.46. The fraction of sp³-hybridized carbons (Fsp3) is 0.375. The van der Waals surface area contributed by atoms with Gasteiger partial charge in [0.15, 0.2) is 5.76 Å². The maximum Gasteiger partial charge on any atom is 0.223 e. The second-order valence-electron chi connectivity index (χ2n) is 2.23. The van der Waals surface area contributed by atoms with Crippen molar-refractivity contribution in [3.63, 3.8) is 0 Å². The van der Waals surface area contributed by atoms with Crippen molar-refractivity contribution < 1.29 is 9.47 Å². The highest BCUT2D eigenvalue weighted by Gasteiger charge is 2.18. The van der Waals surface area contributed by atoms with Crippen LogP contribution in [0.1, 0.15) is 6.42 Å². The Labute approximate surface area is 65.5 Å². The summed E-state index contributed by atoms with van der Waals surface area (Å²) in [4.78, 5) is 0. The predicted octanol–water partition coefficient (Wildman–Crippen LogP) is 1.34. The van der Waals surface area contributed by atoms with Crippen molar-refractivity contribution in [2.24, 2.45) is 0 Å². The molecule has 0 aromatic rings. The van der Waals surface area contributed by atoms with E-state index in [-0.39, 0.29) is 0 Å². The Balaban J connectivity index is 2.70. The molecule has 3 heteroatoms. The summed E-state index contributed by atoms with van der Waals surface area (Å²) in [7, 11) is 1.52. The molecule has 1 aliphatic heterocycles. The van der Waals surface area contributed by atoms with Crippen molar-refractivity contribution in [1.29, 1.82) is 5.26 Å². The van der Waals surface area contributed by atoms with Gasteiger partial charge in [0.1, 0.15) is 6.07 Å². The third kappa shape index (κ3) is 1.60. The molecule has 1 aliphatic rings. The highest BCUT2D eigenvalue weighted by Crippen LogP contribution is 2.20. The summed E-state index contributed by atoms with van der Waals surface area (Å²) in [6.45, 7) is 3.73. The summed E-state index contributed by atoms with van der Waals surface area (Å²) in [6, 6.07) is 1.91. The SMILES string of the molecule is C=C1CC=C(C#N)OC1OC. The predicted molar refractivity (Wildman–Crippen MR) is 39.3 cm³/mol. The van der Waals surface area contributed by atoms with Crippen LogP contribution in [-0.2, 0) is 9.47 Å². The van der Waals surface area contributed by atoms with Crippen LogP contribution in [0.5, 0.6) is 0 Å². The number of hydrogen-bond donors (Lipinski definition) is 0. The zero-order chi connectivity index (χ0) is 8.27. The first-order chi connectivity index (χ1) is 5.27. The van der Waals surface area contributed by atoms with Crippen molar-refractivity contribution in [2.45, 2.75) is 12.7 Å². The van der Waals surface area contributed by atoms with Crippen molar-refractivity contribution >= 4 is 0 Å². The molecule has 0 spiro atoms. The van der Waals surface area contributed by atoms with E-state index in [1.807, 2.05) is 6.07 Å². The number of rotatable bonds is 1. The van der Waals surface area contributed by atoms with Crippen LogP contribution in [0.3, 0.4) is 0 Å². The Morgan fingerprint density at radius 3 is 3.18 bits per heavy atom. The number of methoxy groups -OCH3 is 1. The average Bonchev–Trinajstić information content (AvgIpc) is 2.05. The minimum Gasteiger partial charge on any atom is -0.451 e. The molecule has 0 saturated carbocycles. The standard InChI is InChI=1S/C8H9NO2/c1-6-3-4-7(5-9)11-8(6)10-2/h4,8H,1,3H2,2H3. The van der Waals surface area contributed by atoms with Crippen molar-refractivity contribution in [3.8, 4) is 6.07 Å². The smallest absolute Gasteiger partial charge is 0.223 e. The Morgan fingerprint density at radius 2 is 2.64 bits per heavy atom. The van der Waals surface area contributed by atoms with Crippen LogP contribution in [-0.4, -0.2) is 13.4 Å². The average molecular weight is 151 g/mol. The molecule has 0 aliphatic carbocycles. The van der Waals surface area contributed by atoms with Gasteiger partial charge in [-0.2, -0.15) is 5.26 Å². The highest BCUT2D eigenvalue weighted by atomic mass is 16.7. The molecular formula is C8H9NO2. The van der Waals surface area contributed by atoms with Gasteiger partial charge < -0.3 is 9.47 Å². The third-order valence-electron chi connectivity index (χ3n) is 1.44. The Morgan fingerprint density at radius 1 is 1.91 bits per heavy atom. The molecule has 3 nitrogen and oxygen atoms in total. The van der Waals surface area contributed by atoms with Gasteiger partial charge in [-0.1, -0.05) is 6.58 Å². The van der Waals surface area contributed by atoms with Crippen LogP contribution in [0.15, 0.2) is 24.0 Å². The van der Waals surface area contributed by atoms with Gasteiger partial charge in [-0.25, -0.2) is 0 Å². The lowest BCUT2D eigenvalue weighted by Crippen LogP contribution is -2.20. The van der Waals surface area contributed by atoms with E-state index in [2.05, 4.69) is 6.58 Å². The summed E-state index contributed by atoms with van der Waals surface area (Å²) < 4.78 is 10.00. The minimum absolute atomic E-state index is 0.309. The lowest BCUT2D eigenvalue weighted by molar-refractivity contribution is -0.0679. The van der Waals surface area contributed by atoms with E-state index in [1.165, 1.54) is 7.11 Å². The van der Waals surface area contributed by atoms with E-state index in [0.29, 0.717) is 12.2 Å². The fourth-order valence-electron chi connectivity index (χ4n) is 0.854. The second kappa shape index (κ2) is 3.22. The van der Waals surface area contributed by atoms with Crippen LogP contribution in [0.25, 0.3) is 0 Å². The first-order valence-electron chi connectivity index (χ1n) is 3.25. The van der Waals surface area contributed by atoms with E-state index in [0.717, 1.165) is 5.57 Å². The maximum atomic E-state index is 8.46. The van der Waals surface area contributed by atoms with Gasteiger partial charge in [-0.15, -0.1) is 0 Å². The van der Waals surface area contributed by atoms with E-state index in [9.17, 15) is 0 Å². The molecule has 1 atom stereocenters. The number of nitriles is 1. The van der Waals surface area contributed by atoms with Crippen LogP contribution in [0, 0.1) is 11.3 Å². The monoisotopic (exact) mass is 151 g/mol. The quantitative estimate of drug-likeness (QED) is 0.531. The van der Waals surface area contributed by atoms with E-state index < -0.39 is 6.29 Å². The zero-order valence-corrected chi connectivity index (χ0v) is 6.33. The number of hydrogen-bond acceptors (Lipinski definition) is 3. The molecule has 1 heterocycles. The molecule has 0 radical (unpaired) electrons. The Bertz CT molecular complexity index is 237. The summed E-state index contributed by atoms with van der Waals surface area (Å²) in [5.74, 6) is 0.309. The van der Waals surface area contributed by atoms with Crippen LogP contribution in [0.2, 0.25) is 0 Å². The molecule has 0 amide bonds. The van der Waals surface area contributed by atoms with Crippen LogP contribution in [0.4, 0.5) is 0 Å². The fourth-order valence-corrected chi connectivity index (χ4v) is 0.854. The lowest BCUT2D eigenvalue weighted by Gasteiger charge is -2.21. The topological polar surface area (TPSA) is 42.2 Å². The van der Waals surface area contributed by atoms with E-state index in [1.54, 1.807) is 6.08 Å². The normalized spacial score (nSPS) is 23.5. The van der Waals surface area contributed by atoms with Gasteiger partial charge in [-0.3, -0.25) is 0 Å². The van der Waals surface area contributed by atoms with Crippen molar-refractivity contribution in [1.82, 2.24) is 0 Å². The number of allylic oxidation sites excluding steroid dienone is 2. The first kappa shape index (κ1) is 7.83.